The summed E-state index contributed by atoms with van der Waals surface area (Å²) in [5, 5.41) is 22.8. The number of rotatable bonds is 4. The van der Waals surface area contributed by atoms with Crippen LogP contribution in [0.4, 0.5) is 19.0 Å². The van der Waals surface area contributed by atoms with E-state index in [1.54, 1.807) is 0 Å². The molecular weight excluding hydrogens is 479 g/mol. The smallest absolute Gasteiger partial charge is 0.475 e. The first-order valence-electron chi connectivity index (χ1n) is 11.2. The van der Waals surface area contributed by atoms with Gasteiger partial charge in [0.2, 0.25) is 0 Å². The van der Waals surface area contributed by atoms with Crippen LogP contribution in [0.2, 0.25) is 0 Å². The van der Waals surface area contributed by atoms with Crippen molar-refractivity contribution in [3.63, 3.8) is 0 Å². The Hall–Kier alpha value is -3.67. The second kappa shape index (κ2) is 10.1. The number of alkyl halides is 3. The molecule has 1 aromatic carbocycles. The molecule has 3 heterocycles. The number of anilines is 1. The third-order valence-corrected chi connectivity index (χ3v) is 5.35. The van der Waals surface area contributed by atoms with Crippen molar-refractivity contribution in [1.82, 2.24) is 19.9 Å². The molecule has 3 aromatic rings. The minimum atomic E-state index is -5.08. The Kier molecular flexibility index (Phi) is 7.58. The molecule has 0 saturated heterocycles. The number of hydrogen-bond donors (Lipinski definition) is 4. The van der Waals surface area contributed by atoms with Gasteiger partial charge in [-0.05, 0) is 46.2 Å². The van der Waals surface area contributed by atoms with E-state index in [2.05, 4.69) is 31.4 Å². The third kappa shape index (κ3) is 6.11. The number of carboxylic acids is 1. The second-order valence-corrected chi connectivity index (χ2v) is 9.41. The predicted octanol–water partition coefficient (Wildman–Crippen LogP) is 3.92. The van der Waals surface area contributed by atoms with Gasteiger partial charge in [-0.2, -0.15) is 13.2 Å². The highest BCUT2D eigenvalue weighted by molar-refractivity contribution is 5.98. The predicted molar refractivity (Wildman–Crippen MR) is 128 cm³/mol. The maximum Gasteiger partial charge on any atom is 0.490 e. The van der Waals surface area contributed by atoms with Crippen LogP contribution in [0.1, 0.15) is 49.4 Å². The fourth-order valence-corrected chi connectivity index (χ4v) is 3.77. The number of carbonyl (C=O) groups excluding carboxylic acids is 1. The maximum atomic E-state index is 12.4. The van der Waals surface area contributed by atoms with E-state index >= 15 is 0 Å². The average Bonchev–Trinajstić information content (AvgIpc) is 3.21. The Balaban J connectivity index is 0.000000454. The van der Waals surface area contributed by atoms with E-state index in [1.165, 1.54) is 0 Å². The summed E-state index contributed by atoms with van der Waals surface area (Å²) >= 11 is 0. The number of para-hydroxylation sites is 1. The van der Waals surface area contributed by atoms with Gasteiger partial charge in [-0.25, -0.2) is 14.8 Å². The van der Waals surface area contributed by atoms with Crippen LogP contribution in [0.25, 0.3) is 22.2 Å². The fraction of sp³-hybridized carbons (Fsp3) is 0.417. The Morgan fingerprint density at radius 3 is 2.50 bits per heavy atom. The highest BCUT2D eigenvalue weighted by Gasteiger charge is 2.38. The van der Waals surface area contributed by atoms with Gasteiger partial charge >= 0.3 is 12.1 Å². The van der Waals surface area contributed by atoms with Gasteiger partial charge in [0.05, 0.1) is 22.8 Å². The average molecular weight is 508 g/mol. The molecule has 1 aliphatic rings. The molecule has 0 bridgehead atoms. The Labute approximate surface area is 205 Å². The molecule has 194 valence electrons. The van der Waals surface area contributed by atoms with Gasteiger partial charge < -0.3 is 25.4 Å². The maximum absolute atomic E-state index is 12.4. The van der Waals surface area contributed by atoms with Gasteiger partial charge in [-0.1, -0.05) is 12.1 Å². The molecule has 12 heteroatoms. The van der Waals surface area contributed by atoms with Crippen LogP contribution in [0.15, 0.2) is 30.5 Å². The number of amides is 1. The fourth-order valence-electron chi connectivity index (χ4n) is 3.77. The number of aliphatic hydroxyl groups excluding tert-OH is 1. The number of fused-ring (bicyclic) bond motifs is 2. The van der Waals surface area contributed by atoms with Gasteiger partial charge in [-0.3, -0.25) is 4.79 Å². The first kappa shape index (κ1) is 26.9. The summed E-state index contributed by atoms with van der Waals surface area (Å²) in [6, 6.07) is 7.86. The summed E-state index contributed by atoms with van der Waals surface area (Å²) in [7, 11) is 0. The van der Waals surface area contributed by atoms with Crippen LogP contribution in [0, 0.1) is 6.92 Å². The molecule has 4 rings (SSSR count). The summed E-state index contributed by atoms with van der Waals surface area (Å²) in [4.78, 5) is 30.9. The normalized spacial score (nSPS) is 15.6. The first-order valence-corrected chi connectivity index (χ1v) is 11.2. The van der Waals surface area contributed by atoms with Crippen molar-refractivity contribution >= 4 is 28.7 Å². The van der Waals surface area contributed by atoms with Crippen molar-refractivity contribution in [3.05, 3.63) is 41.9 Å². The Bertz CT molecular complexity index is 1280. The standard InChI is InChI=1S/C22H27N5O2.C2HF3O2/c1-13-20(26-22(2,3)4)25-19-16(6-5-7-17(19)24-13)14-10-18-21(29)23-11-15(8-9-28)27(18)12-14;3-2(4,5)1(6)7/h5-7,10,12,15,28H,8-9,11H2,1-4H3,(H,23,29)(H,25,26);(H,6,7)/t15-;/m0./s1. The number of nitrogens with one attached hydrogen (secondary N) is 2. The lowest BCUT2D eigenvalue weighted by Crippen LogP contribution is -2.38. The molecule has 4 N–H and O–H groups in total. The molecule has 1 atom stereocenters. The highest BCUT2D eigenvalue weighted by Crippen LogP contribution is 2.32. The number of halogens is 3. The summed E-state index contributed by atoms with van der Waals surface area (Å²) in [5.74, 6) is -2.09. The SMILES string of the molecule is Cc1nc2cccc(-c3cc4n(c3)[C@@H](CCO)CNC4=O)c2nc1NC(C)(C)C.O=C(O)C(F)(F)F. The van der Waals surface area contributed by atoms with Crippen molar-refractivity contribution in [1.29, 1.82) is 0 Å². The zero-order chi connectivity index (χ0) is 26.8. The molecule has 0 saturated carbocycles. The van der Waals surface area contributed by atoms with Crippen LogP contribution < -0.4 is 10.6 Å². The molecule has 2 aromatic heterocycles. The molecule has 1 amide bonds. The van der Waals surface area contributed by atoms with Crippen LogP contribution in [-0.2, 0) is 4.79 Å². The molecule has 36 heavy (non-hydrogen) atoms. The topological polar surface area (TPSA) is 129 Å². The summed E-state index contributed by atoms with van der Waals surface area (Å²) < 4.78 is 33.7. The van der Waals surface area contributed by atoms with Gasteiger partial charge in [0, 0.05) is 36.0 Å². The zero-order valence-electron chi connectivity index (χ0n) is 20.3. The first-order chi connectivity index (χ1) is 16.7. The number of aryl methyl sites for hydroxylation is 1. The van der Waals surface area contributed by atoms with E-state index < -0.39 is 12.1 Å². The molecule has 9 nitrogen and oxygen atoms in total. The molecule has 0 radical (unpaired) electrons. The number of hydrogen-bond acceptors (Lipinski definition) is 6. The van der Waals surface area contributed by atoms with Gasteiger partial charge in [0.1, 0.15) is 11.5 Å². The molecule has 1 aliphatic heterocycles. The molecule has 0 fully saturated rings. The summed E-state index contributed by atoms with van der Waals surface area (Å²) in [6.07, 6.45) is -2.50. The van der Waals surface area contributed by atoms with E-state index in [9.17, 15) is 23.1 Å². The van der Waals surface area contributed by atoms with E-state index in [-0.39, 0.29) is 24.1 Å². The van der Waals surface area contributed by atoms with E-state index in [0.717, 1.165) is 33.7 Å². The lowest BCUT2D eigenvalue weighted by molar-refractivity contribution is -0.192. The van der Waals surface area contributed by atoms with Crippen molar-refractivity contribution < 1.29 is 33.0 Å². The number of nitrogens with zero attached hydrogens (tertiary/aromatic N) is 3. The van der Waals surface area contributed by atoms with Crippen LogP contribution >= 0.6 is 0 Å². The second-order valence-electron chi connectivity index (χ2n) is 9.41. The number of aliphatic carboxylic acids is 1. The molecule has 0 spiro atoms. The minimum Gasteiger partial charge on any atom is -0.475 e. The van der Waals surface area contributed by atoms with E-state index in [4.69, 9.17) is 19.9 Å². The molecular formula is C24H28F3N5O4. The van der Waals surface area contributed by atoms with E-state index in [0.29, 0.717) is 18.7 Å². The van der Waals surface area contributed by atoms with Crippen LogP contribution in [0.5, 0.6) is 0 Å². The van der Waals surface area contributed by atoms with Crippen LogP contribution in [-0.4, -0.2) is 61.5 Å². The Morgan fingerprint density at radius 2 is 1.92 bits per heavy atom. The van der Waals surface area contributed by atoms with Gasteiger partial charge in [0.25, 0.3) is 5.91 Å². The highest BCUT2D eigenvalue weighted by atomic mass is 19.4. The van der Waals surface area contributed by atoms with Crippen molar-refractivity contribution in [2.24, 2.45) is 0 Å². The lowest BCUT2D eigenvalue weighted by Gasteiger charge is -2.25. The van der Waals surface area contributed by atoms with Gasteiger partial charge in [-0.15, -0.1) is 0 Å². The molecule has 0 aliphatic carbocycles. The minimum absolute atomic E-state index is 0.0443. The van der Waals surface area contributed by atoms with Crippen molar-refractivity contribution in [2.75, 3.05) is 18.5 Å². The van der Waals surface area contributed by atoms with E-state index in [1.807, 2.05) is 42.0 Å². The van der Waals surface area contributed by atoms with Crippen molar-refractivity contribution in [3.8, 4) is 11.1 Å². The van der Waals surface area contributed by atoms with Gasteiger partial charge in [0.15, 0.2) is 0 Å². The summed E-state index contributed by atoms with van der Waals surface area (Å²) in [6.45, 7) is 8.82. The summed E-state index contributed by atoms with van der Waals surface area (Å²) in [5.41, 5.74) is 4.80. The largest absolute Gasteiger partial charge is 0.490 e. The Morgan fingerprint density at radius 1 is 1.25 bits per heavy atom. The lowest BCUT2D eigenvalue weighted by atomic mass is 10.1. The molecule has 0 unspecified atom stereocenters. The number of aromatic nitrogens is 3. The number of carboxylic acid groups (broad SMARTS) is 1. The third-order valence-electron chi connectivity index (χ3n) is 5.35. The number of benzene rings is 1. The number of carbonyl (C=O) groups is 2. The van der Waals surface area contributed by atoms with Crippen molar-refractivity contribution in [2.45, 2.75) is 51.9 Å². The number of aliphatic hydroxyl groups is 1. The quantitative estimate of drug-likeness (QED) is 0.421. The van der Waals surface area contributed by atoms with Crippen LogP contribution in [0.3, 0.4) is 0 Å². The monoisotopic (exact) mass is 507 g/mol. The zero-order valence-corrected chi connectivity index (χ0v) is 20.3.